The molecule has 1 aromatic heterocycles. The zero-order valence-corrected chi connectivity index (χ0v) is 16.0. The molecule has 3 N–H and O–H groups in total. The van der Waals surface area contributed by atoms with E-state index in [2.05, 4.69) is 15.4 Å². The first-order chi connectivity index (χ1) is 12.5. The summed E-state index contributed by atoms with van der Waals surface area (Å²) < 4.78 is 17.6. The molecule has 1 aromatic carbocycles. The highest BCUT2D eigenvalue weighted by Gasteiger charge is 2.11. The Hall–Kier alpha value is -2.74. The summed E-state index contributed by atoms with van der Waals surface area (Å²) in [6, 6.07) is 5.46. The Balaban J connectivity index is 2.08. The minimum atomic E-state index is 0.320. The van der Waals surface area contributed by atoms with E-state index in [9.17, 15) is 0 Å². The van der Waals surface area contributed by atoms with Crippen molar-refractivity contribution in [3.63, 3.8) is 0 Å². The normalized spacial score (nSPS) is 11.5. The van der Waals surface area contributed by atoms with Crippen molar-refractivity contribution >= 4 is 11.6 Å². The Morgan fingerprint density at radius 1 is 1.19 bits per heavy atom. The molecule has 0 unspecified atom stereocenters. The highest BCUT2D eigenvalue weighted by molar-refractivity contribution is 5.92. The van der Waals surface area contributed by atoms with Crippen molar-refractivity contribution in [3.05, 3.63) is 35.2 Å². The number of methoxy groups -OCH3 is 3. The molecule has 2 rings (SSSR count). The van der Waals surface area contributed by atoms with Crippen molar-refractivity contribution in [2.75, 3.05) is 33.3 Å². The van der Waals surface area contributed by atoms with Gasteiger partial charge >= 0.3 is 0 Å². The smallest absolute Gasteiger partial charge is 0.193 e. The van der Waals surface area contributed by atoms with Crippen LogP contribution in [0.2, 0.25) is 0 Å². The van der Waals surface area contributed by atoms with E-state index >= 15 is 0 Å². The van der Waals surface area contributed by atoms with Crippen LogP contribution in [0.25, 0.3) is 0 Å². The molecule has 0 spiro atoms. The van der Waals surface area contributed by atoms with Gasteiger partial charge in [0.1, 0.15) is 0 Å². The van der Waals surface area contributed by atoms with Crippen LogP contribution in [-0.4, -0.2) is 43.7 Å². The summed E-state index contributed by atoms with van der Waals surface area (Å²) in [7, 11) is 4.86. The van der Waals surface area contributed by atoms with Crippen LogP contribution in [0.5, 0.6) is 11.5 Å². The van der Waals surface area contributed by atoms with Crippen molar-refractivity contribution in [2.24, 2.45) is 10.7 Å². The summed E-state index contributed by atoms with van der Waals surface area (Å²) in [4.78, 5) is 4.43. The number of benzene rings is 1. The van der Waals surface area contributed by atoms with Gasteiger partial charge in [-0.1, -0.05) is 0 Å². The molecule has 2 aromatic rings. The average Bonchev–Trinajstić information content (AvgIpc) is 2.91. The van der Waals surface area contributed by atoms with Crippen LogP contribution in [0.15, 0.2) is 23.2 Å². The van der Waals surface area contributed by atoms with Gasteiger partial charge in [0.2, 0.25) is 0 Å². The lowest BCUT2D eigenvalue weighted by Gasteiger charge is -2.11. The lowest BCUT2D eigenvalue weighted by molar-refractivity contribution is 0.182. The minimum Gasteiger partial charge on any atom is -0.493 e. The predicted molar refractivity (Wildman–Crippen MR) is 102 cm³/mol. The third-order valence-electron chi connectivity index (χ3n) is 4.10. The second-order valence-corrected chi connectivity index (χ2v) is 5.76. The number of nitrogens with two attached hydrogens (primary N) is 1. The van der Waals surface area contributed by atoms with Gasteiger partial charge in [-0.2, -0.15) is 5.10 Å². The Morgan fingerprint density at radius 2 is 1.92 bits per heavy atom. The summed E-state index contributed by atoms with van der Waals surface area (Å²) in [5, 5.41) is 7.59. The van der Waals surface area contributed by atoms with Crippen LogP contribution in [0, 0.1) is 13.8 Å². The molecule has 0 aliphatic rings. The van der Waals surface area contributed by atoms with E-state index < -0.39 is 0 Å². The number of aryl methyl sites for hydroxylation is 1. The molecule has 8 heteroatoms. The molecule has 8 nitrogen and oxygen atoms in total. The van der Waals surface area contributed by atoms with Gasteiger partial charge in [0.15, 0.2) is 17.5 Å². The molecular formula is C18H27N5O3. The summed E-state index contributed by atoms with van der Waals surface area (Å²) in [6.07, 6.45) is 0. The van der Waals surface area contributed by atoms with Crippen molar-refractivity contribution < 1.29 is 14.2 Å². The number of ether oxygens (including phenoxy) is 3. The SMILES string of the molecule is COCCn1nc(C)c(CN=C(N)Nc2ccc(OC)c(OC)c2)c1C. The van der Waals surface area contributed by atoms with Crippen LogP contribution >= 0.6 is 0 Å². The van der Waals surface area contributed by atoms with Gasteiger partial charge in [0, 0.05) is 30.1 Å². The van der Waals surface area contributed by atoms with E-state index in [0.717, 1.165) is 22.6 Å². The lowest BCUT2D eigenvalue weighted by atomic mass is 10.2. The number of nitrogens with zero attached hydrogens (tertiary/aromatic N) is 3. The Bertz CT molecular complexity index is 770. The number of nitrogens with one attached hydrogen (secondary N) is 1. The maximum absolute atomic E-state index is 6.02. The molecule has 1 heterocycles. The molecule has 0 fully saturated rings. The first-order valence-electron chi connectivity index (χ1n) is 8.31. The molecule has 0 aliphatic heterocycles. The quantitative estimate of drug-likeness (QED) is 0.552. The second-order valence-electron chi connectivity index (χ2n) is 5.76. The number of guanidine groups is 1. The number of hydrogen-bond acceptors (Lipinski definition) is 5. The van der Waals surface area contributed by atoms with Crippen LogP contribution < -0.4 is 20.5 Å². The van der Waals surface area contributed by atoms with Gasteiger partial charge in [0.05, 0.1) is 39.6 Å². The molecule has 0 amide bonds. The summed E-state index contributed by atoms with van der Waals surface area (Å²) >= 11 is 0. The fourth-order valence-electron chi connectivity index (χ4n) is 2.62. The fraction of sp³-hybridized carbons (Fsp3) is 0.444. The van der Waals surface area contributed by atoms with Crippen molar-refractivity contribution in [1.29, 1.82) is 0 Å². The van der Waals surface area contributed by atoms with Crippen LogP contribution in [0.1, 0.15) is 17.0 Å². The zero-order chi connectivity index (χ0) is 19.1. The first-order valence-corrected chi connectivity index (χ1v) is 8.31. The van der Waals surface area contributed by atoms with Crippen molar-refractivity contribution in [3.8, 4) is 11.5 Å². The van der Waals surface area contributed by atoms with Gasteiger partial charge < -0.3 is 25.3 Å². The standard InChI is InChI=1S/C18H27N5O3/c1-12-15(13(2)23(22-12)8-9-24-3)11-20-18(19)21-14-6-7-16(25-4)17(10-14)26-5/h6-7,10H,8-9,11H2,1-5H3,(H3,19,20,21). The van der Waals surface area contributed by atoms with E-state index in [1.807, 2.05) is 30.7 Å². The zero-order valence-electron chi connectivity index (χ0n) is 16.0. The van der Waals surface area contributed by atoms with E-state index in [4.69, 9.17) is 19.9 Å². The molecule has 0 saturated carbocycles. The predicted octanol–water partition coefficient (Wildman–Crippen LogP) is 2.09. The molecule has 0 atom stereocenters. The first kappa shape index (κ1) is 19.6. The lowest BCUT2D eigenvalue weighted by Crippen LogP contribution is -2.22. The number of aromatic nitrogens is 2. The molecule has 0 radical (unpaired) electrons. The molecule has 0 aliphatic carbocycles. The number of anilines is 1. The molecule has 0 saturated heterocycles. The largest absolute Gasteiger partial charge is 0.493 e. The second kappa shape index (κ2) is 9.10. The third-order valence-corrected chi connectivity index (χ3v) is 4.10. The molecule has 0 bridgehead atoms. The third kappa shape index (κ3) is 4.66. The van der Waals surface area contributed by atoms with Crippen molar-refractivity contribution in [1.82, 2.24) is 9.78 Å². The van der Waals surface area contributed by atoms with Gasteiger partial charge in [-0.3, -0.25) is 4.68 Å². The van der Waals surface area contributed by atoms with Crippen LogP contribution in [0.3, 0.4) is 0 Å². The molecular weight excluding hydrogens is 334 g/mol. The number of rotatable bonds is 8. The highest BCUT2D eigenvalue weighted by Crippen LogP contribution is 2.29. The van der Waals surface area contributed by atoms with Crippen molar-refractivity contribution in [2.45, 2.75) is 26.9 Å². The summed E-state index contributed by atoms with van der Waals surface area (Å²) in [6.45, 7) is 5.79. The average molecular weight is 361 g/mol. The van der Waals surface area contributed by atoms with Gasteiger partial charge in [-0.05, 0) is 26.0 Å². The van der Waals surface area contributed by atoms with E-state index in [1.54, 1.807) is 27.4 Å². The topological polar surface area (TPSA) is 95.9 Å². The van der Waals surface area contributed by atoms with Crippen LogP contribution in [0.4, 0.5) is 5.69 Å². The van der Waals surface area contributed by atoms with Gasteiger partial charge in [0.25, 0.3) is 0 Å². The maximum atomic E-state index is 6.02. The molecule has 26 heavy (non-hydrogen) atoms. The van der Waals surface area contributed by atoms with E-state index in [-0.39, 0.29) is 0 Å². The number of aliphatic imine (C=N–C) groups is 1. The summed E-state index contributed by atoms with van der Waals surface area (Å²) in [5.74, 6) is 1.60. The maximum Gasteiger partial charge on any atom is 0.193 e. The minimum absolute atomic E-state index is 0.320. The Labute approximate surface area is 154 Å². The van der Waals surface area contributed by atoms with Crippen LogP contribution in [-0.2, 0) is 17.8 Å². The fourth-order valence-corrected chi connectivity index (χ4v) is 2.62. The highest BCUT2D eigenvalue weighted by atomic mass is 16.5. The molecule has 142 valence electrons. The summed E-state index contributed by atoms with van der Waals surface area (Å²) in [5.41, 5.74) is 9.88. The Kier molecular flexibility index (Phi) is 6.85. The van der Waals surface area contributed by atoms with Gasteiger partial charge in [-0.25, -0.2) is 4.99 Å². The number of hydrogen-bond donors (Lipinski definition) is 2. The monoisotopic (exact) mass is 361 g/mol. The van der Waals surface area contributed by atoms with E-state index in [0.29, 0.717) is 37.2 Å². The van der Waals surface area contributed by atoms with Gasteiger partial charge in [-0.15, -0.1) is 0 Å². The van der Waals surface area contributed by atoms with E-state index in [1.165, 1.54) is 0 Å². The Morgan fingerprint density at radius 3 is 2.58 bits per heavy atom.